The van der Waals surface area contributed by atoms with Gasteiger partial charge in [-0.25, -0.2) is 19.9 Å². The highest BCUT2D eigenvalue weighted by Gasteiger charge is 2.13. The summed E-state index contributed by atoms with van der Waals surface area (Å²) in [4.78, 5) is 22.3. The van der Waals surface area contributed by atoms with Crippen LogP contribution in [0.1, 0.15) is 5.69 Å². The normalized spacial score (nSPS) is 11.3. The maximum absolute atomic E-state index is 4.72. The molecule has 0 aliphatic heterocycles. The minimum Gasteiger partial charge on any atom is -0.300 e. The molecule has 0 atom stereocenters. The second kappa shape index (κ2) is 5.70. The molecule has 0 unspecified atom stereocenters. The van der Waals surface area contributed by atoms with Gasteiger partial charge in [0.2, 0.25) is 0 Å². The zero-order chi connectivity index (χ0) is 17.5. The van der Waals surface area contributed by atoms with Crippen molar-refractivity contribution in [2.75, 3.05) is 0 Å². The van der Waals surface area contributed by atoms with Crippen LogP contribution in [0.25, 0.3) is 39.1 Å². The fraction of sp³-hybridized carbons (Fsp3) is 0.0500. The minimum absolute atomic E-state index is 0.680. The molecule has 0 spiro atoms. The van der Waals surface area contributed by atoms with Crippen molar-refractivity contribution in [3.63, 3.8) is 0 Å². The van der Waals surface area contributed by atoms with E-state index in [9.17, 15) is 0 Å². The van der Waals surface area contributed by atoms with Crippen LogP contribution in [0.3, 0.4) is 0 Å². The second-order valence-electron chi connectivity index (χ2n) is 6.05. The van der Waals surface area contributed by atoms with Crippen molar-refractivity contribution in [2.24, 2.45) is 0 Å². The first-order valence-electron chi connectivity index (χ1n) is 8.27. The van der Waals surface area contributed by atoms with Gasteiger partial charge in [0, 0.05) is 35.1 Å². The summed E-state index contributed by atoms with van der Waals surface area (Å²) in [5.74, 6) is 0. The lowest BCUT2D eigenvalue weighted by Gasteiger charge is -2.11. The fourth-order valence-electron chi connectivity index (χ4n) is 3.13. The summed E-state index contributed by atoms with van der Waals surface area (Å²) in [6.45, 7) is 1.97. The van der Waals surface area contributed by atoms with Gasteiger partial charge in [-0.1, -0.05) is 6.07 Å². The molecule has 0 aliphatic carbocycles. The number of nitrogens with zero attached hydrogens (tertiary/aromatic N) is 6. The number of pyridine rings is 3. The second-order valence-corrected chi connectivity index (χ2v) is 6.05. The molecule has 0 aliphatic rings. The maximum Gasteiger partial charge on any atom is 0.161 e. The van der Waals surface area contributed by atoms with Gasteiger partial charge in [-0.3, -0.25) is 4.98 Å². The van der Waals surface area contributed by atoms with Crippen LogP contribution in [-0.2, 0) is 0 Å². The molecule has 0 bridgehead atoms. The number of aryl methyl sites for hydroxylation is 1. The van der Waals surface area contributed by atoms with Crippen molar-refractivity contribution in [1.82, 2.24) is 29.5 Å². The van der Waals surface area contributed by atoms with E-state index in [2.05, 4.69) is 19.9 Å². The van der Waals surface area contributed by atoms with Crippen LogP contribution in [0.4, 0.5) is 0 Å². The van der Waals surface area contributed by atoms with Crippen molar-refractivity contribution >= 4 is 22.1 Å². The van der Waals surface area contributed by atoms with E-state index in [4.69, 9.17) is 4.98 Å². The summed E-state index contributed by atoms with van der Waals surface area (Å²) < 4.78 is 2.04. The molecule has 6 nitrogen and oxygen atoms in total. The third-order valence-electron chi connectivity index (χ3n) is 4.32. The molecule has 0 saturated carbocycles. The fourth-order valence-corrected chi connectivity index (χ4v) is 3.13. The molecule has 0 radical (unpaired) electrons. The van der Waals surface area contributed by atoms with E-state index in [1.807, 2.05) is 66.3 Å². The Kier molecular flexibility index (Phi) is 3.21. The SMILES string of the molecule is Cc1cccc(-c2cc(-n3ccc4cncnc43)c3cccnc3n2)n1. The lowest BCUT2D eigenvalue weighted by Crippen LogP contribution is -2.00. The summed E-state index contributed by atoms with van der Waals surface area (Å²) in [7, 11) is 0. The van der Waals surface area contributed by atoms with Gasteiger partial charge >= 0.3 is 0 Å². The van der Waals surface area contributed by atoms with Gasteiger partial charge in [-0.05, 0) is 43.3 Å². The van der Waals surface area contributed by atoms with E-state index < -0.39 is 0 Å². The molecular weight excluding hydrogens is 324 g/mol. The van der Waals surface area contributed by atoms with E-state index in [-0.39, 0.29) is 0 Å². The molecule has 0 N–H and O–H groups in total. The van der Waals surface area contributed by atoms with Crippen molar-refractivity contribution in [2.45, 2.75) is 6.92 Å². The smallest absolute Gasteiger partial charge is 0.161 e. The Morgan fingerprint density at radius 1 is 0.923 bits per heavy atom. The number of hydrogen-bond acceptors (Lipinski definition) is 5. The molecule has 0 aromatic carbocycles. The van der Waals surface area contributed by atoms with Gasteiger partial charge in [0.15, 0.2) is 5.65 Å². The van der Waals surface area contributed by atoms with E-state index in [0.29, 0.717) is 5.65 Å². The highest BCUT2D eigenvalue weighted by molar-refractivity contribution is 5.89. The molecular formula is C20H14N6. The molecule has 5 rings (SSSR count). The Bertz CT molecular complexity index is 1260. The predicted molar refractivity (Wildman–Crippen MR) is 99.9 cm³/mol. The molecule has 6 heteroatoms. The quantitative estimate of drug-likeness (QED) is 0.490. The van der Waals surface area contributed by atoms with Crippen molar-refractivity contribution < 1.29 is 0 Å². The van der Waals surface area contributed by atoms with Crippen molar-refractivity contribution in [1.29, 1.82) is 0 Å². The number of hydrogen-bond donors (Lipinski definition) is 0. The molecule has 0 fully saturated rings. The first-order valence-corrected chi connectivity index (χ1v) is 8.27. The minimum atomic E-state index is 0.680. The average Bonchev–Trinajstić information content (AvgIpc) is 3.11. The van der Waals surface area contributed by atoms with Gasteiger partial charge in [-0.2, -0.15) is 0 Å². The lowest BCUT2D eigenvalue weighted by atomic mass is 10.1. The van der Waals surface area contributed by atoms with Crippen LogP contribution in [0.2, 0.25) is 0 Å². The summed E-state index contributed by atoms with van der Waals surface area (Å²) >= 11 is 0. The van der Waals surface area contributed by atoms with Gasteiger partial charge < -0.3 is 4.57 Å². The largest absolute Gasteiger partial charge is 0.300 e. The van der Waals surface area contributed by atoms with Crippen LogP contribution in [0.15, 0.2) is 67.4 Å². The van der Waals surface area contributed by atoms with E-state index in [1.165, 1.54) is 0 Å². The maximum atomic E-state index is 4.72. The van der Waals surface area contributed by atoms with Crippen LogP contribution < -0.4 is 0 Å². The molecule has 26 heavy (non-hydrogen) atoms. The summed E-state index contributed by atoms with van der Waals surface area (Å²) in [6, 6.07) is 13.9. The average molecular weight is 338 g/mol. The molecule has 0 amide bonds. The van der Waals surface area contributed by atoms with Crippen LogP contribution >= 0.6 is 0 Å². The van der Waals surface area contributed by atoms with E-state index in [0.717, 1.165) is 39.2 Å². The van der Waals surface area contributed by atoms with Crippen molar-refractivity contribution in [3.8, 4) is 17.1 Å². The number of rotatable bonds is 2. The van der Waals surface area contributed by atoms with Crippen LogP contribution in [0.5, 0.6) is 0 Å². The van der Waals surface area contributed by atoms with Crippen LogP contribution in [-0.4, -0.2) is 29.5 Å². The number of fused-ring (bicyclic) bond motifs is 2. The van der Waals surface area contributed by atoms with Crippen LogP contribution in [0, 0.1) is 6.92 Å². The molecule has 5 heterocycles. The Hall–Kier alpha value is -3.67. The molecule has 5 aromatic heterocycles. The standard InChI is InChI=1S/C20H14N6/c1-13-4-2-6-16(24-13)17-10-18(15-5-3-8-22-19(15)25-17)26-9-7-14-11-21-12-23-20(14)26/h2-12H,1H3. The third kappa shape index (κ3) is 2.31. The summed E-state index contributed by atoms with van der Waals surface area (Å²) in [5, 5.41) is 1.94. The van der Waals surface area contributed by atoms with Gasteiger partial charge in [0.25, 0.3) is 0 Å². The Morgan fingerprint density at radius 2 is 1.88 bits per heavy atom. The predicted octanol–water partition coefficient (Wildman–Crippen LogP) is 3.73. The first-order chi connectivity index (χ1) is 12.8. The Labute approximate surface area is 149 Å². The molecule has 0 saturated heterocycles. The zero-order valence-electron chi connectivity index (χ0n) is 14.0. The lowest BCUT2D eigenvalue weighted by molar-refractivity contribution is 1.08. The highest BCUT2D eigenvalue weighted by Crippen LogP contribution is 2.28. The highest BCUT2D eigenvalue weighted by atomic mass is 15.1. The van der Waals surface area contributed by atoms with Gasteiger partial charge in [-0.15, -0.1) is 0 Å². The summed E-state index contributed by atoms with van der Waals surface area (Å²) in [5.41, 5.74) is 5.05. The van der Waals surface area contributed by atoms with Gasteiger partial charge in [0.1, 0.15) is 12.0 Å². The summed E-state index contributed by atoms with van der Waals surface area (Å²) in [6.07, 6.45) is 7.12. The Morgan fingerprint density at radius 3 is 2.81 bits per heavy atom. The first kappa shape index (κ1) is 14.7. The number of aromatic nitrogens is 6. The van der Waals surface area contributed by atoms with E-state index >= 15 is 0 Å². The third-order valence-corrected chi connectivity index (χ3v) is 4.32. The van der Waals surface area contributed by atoms with Gasteiger partial charge in [0.05, 0.1) is 17.1 Å². The molecule has 5 aromatic rings. The van der Waals surface area contributed by atoms with Crippen molar-refractivity contribution in [3.05, 3.63) is 73.1 Å². The molecule has 124 valence electrons. The Balaban J connectivity index is 1.84. The topological polar surface area (TPSA) is 69.4 Å². The van der Waals surface area contributed by atoms with E-state index in [1.54, 1.807) is 12.5 Å². The monoisotopic (exact) mass is 338 g/mol. The zero-order valence-corrected chi connectivity index (χ0v) is 14.0.